The van der Waals surface area contributed by atoms with Crippen LogP contribution < -0.4 is 10.6 Å². The van der Waals surface area contributed by atoms with Crippen LogP contribution in [0.2, 0.25) is 0 Å². The quantitative estimate of drug-likeness (QED) is 0.871. The second-order valence-electron chi connectivity index (χ2n) is 6.80. The molecule has 24 heavy (non-hydrogen) atoms. The number of likely N-dealkylation sites (tertiary alicyclic amines) is 1. The molecule has 132 valence electrons. The van der Waals surface area contributed by atoms with Crippen molar-refractivity contribution in [3.8, 4) is 0 Å². The van der Waals surface area contributed by atoms with Crippen LogP contribution in [0.5, 0.6) is 0 Å². The average molecular weight is 331 g/mol. The normalized spacial score (nSPS) is 15.4. The summed E-state index contributed by atoms with van der Waals surface area (Å²) in [4.78, 5) is 25.7. The summed E-state index contributed by atoms with van der Waals surface area (Å²) in [5.74, 6) is 0.581. The van der Waals surface area contributed by atoms with Crippen molar-refractivity contribution >= 4 is 11.9 Å². The summed E-state index contributed by atoms with van der Waals surface area (Å²) in [6, 6.07) is 8.09. The fourth-order valence-corrected chi connectivity index (χ4v) is 3.07. The monoisotopic (exact) mass is 331 g/mol. The molecule has 1 aromatic carbocycles. The number of piperidine rings is 1. The molecule has 0 atom stereocenters. The molecule has 1 aliphatic heterocycles. The highest BCUT2D eigenvalue weighted by molar-refractivity contribution is 5.94. The molecule has 1 saturated heterocycles. The van der Waals surface area contributed by atoms with E-state index in [4.69, 9.17) is 0 Å². The van der Waals surface area contributed by atoms with Gasteiger partial charge in [0.15, 0.2) is 0 Å². The third kappa shape index (κ3) is 5.25. The first kappa shape index (κ1) is 18.3. The third-order valence-corrected chi connectivity index (χ3v) is 4.39. The highest BCUT2D eigenvalue weighted by atomic mass is 16.2. The van der Waals surface area contributed by atoms with E-state index >= 15 is 0 Å². The van der Waals surface area contributed by atoms with Crippen LogP contribution in [0.1, 0.15) is 49.5 Å². The molecule has 5 heteroatoms. The molecule has 5 nitrogen and oxygen atoms in total. The van der Waals surface area contributed by atoms with Gasteiger partial charge in [0.25, 0.3) is 5.91 Å². The van der Waals surface area contributed by atoms with E-state index in [9.17, 15) is 9.59 Å². The molecular weight excluding hydrogens is 302 g/mol. The van der Waals surface area contributed by atoms with Crippen LogP contribution in [0, 0.1) is 5.92 Å². The van der Waals surface area contributed by atoms with Crippen LogP contribution in [0.15, 0.2) is 24.3 Å². The lowest BCUT2D eigenvalue weighted by Crippen LogP contribution is -2.44. The number of hydrogen-bond donors (Lipinski definition) is 2. The van der Waals surface area contributed by atoms with Gasteiger partial charge in [0.05, 0.1) is 0 Å². The number of carbonyl (C=O) groups is 2. The minimum absolute atomic E-state index is 0.0215. The van der Waals surface area contributed by atoms with E-state index in [2.05, 4.69) is 10.6 Å². The molecule has 0 bridgehead atoms. The summed E-state index contributed by atoms with van der Waals surface area (Å²) in [6.45, 7) is 8.18. The van der Waals surface area contributed by atoms with Gasteiger partial charge in [-0.25, -0.2) is 4.79 Å². The summed E-state index contributed by atoms with van der Waals surface area (Å²) in [5, 5.41) is 5.76. The number of nitrogens with zero attached hydrogens (tertiary/aromatic N) is 1. The predicted molar refractivity (Wildman–Crippen MR) is 96.1 cm³/mol. The molecule has 1 fully saturated rings. The highest BCUT2D eigenvalue weighted by Crippen LogP contribution is 2.22. The first-order valence-corrected chi connectivity index (χ1v) is 8.92. The summed E-state index contributed by atoms with van der Waals surface area (Å²) in [5.41, 5.74) is 1.96. The fourth-order valence-electron chi connectivity index (χ4n) is 3.07. The van der Waals surface area contributed by atoms with Crippen LogP contribution in [0.25, 0.3) is 0 Å². The molecule has 0 saturated carbocycles. The minimum atomic E-state index is -0.0215. The molecule has 3 amide bonds. The van der Waals surface area contributed by atoms with E-state index in [1.165, 1.54) is 5.56 Å². The highest BCUT2D eigenvalue weighted by Gasteiger charge is 2.22. The Kier molecular flexibility index (Phi) is 6.64. The predicted octanol–water partition coefficient (Wildman–Crippen LogP) is 2.81. The van der Waals surface area contributed by atoms with Crippen LogP contribution in [-0.4, -0.2) is 42.5 Å². The van der Waals surface area contributed by atoms with Crippen molar-refractivity contribution < 1.29 is 9.59 Å². The number of urea groups is 1. The number of nitrogens with one attached hydrogen (secondary N) is 2. The standard InChI is InChI=1S/C19H29N3O2/c1-4-20-19(24)22-11-9-16(10-12-22)13-15-5-7-17(8-6-15)18(23)21-14(2)3/h5-8,14,16H,4,9-13H2,1-3H3,(H,20,24)(H,21,23). The molecule has 0 spiro atoms. The molecule has 1 heterocycles. The van der Waals surface area contributed by atoms with Gasteiger partial charge in [0.2, 0.25) is 0 Å². The summed E-state index contributed by atoms with van der Waals surface area (Å²) < 4.78 is 0. The molecular formula is C19H29N3O2. The van der Waals surface area contributed by atoms with Crippen LogP contribution >= 0.6 is 0 Å². The van der Waals surface area contributed by atoms with Gasteiger partial charge in [0.1, 0.15) is 0 Å². The topological polar surface area (TPSA) is 61.4 Å². The van der Waals surface area contributed by atoms with Crippen molar-refractivity contribution in [3.63, 3.8) is 0 Å². The first-order valence-electron chi connectivity index (χ1n) is 8.92. The molecule has 1 aromatic rings. The Morgan fingerprint density at radius 1 is 1.17 bits per heavy atom. The Morgan fingerprint density at radius 2 is 1.79 bits per heavy atom. The summed E-state index contributed by atoms with van der Waals surface area (Å²) >= 11 is 0. The van der Waals surface area contributed by atoms with Crippen LogP contribution in [0.4, 0.5) is 4.79 Å². The number of benzene rings is 1. The third-order valence-electron chi connectivity index (χ3n) is 4.39. The second kappa shape index (κ2) is 8.71. The molecule has 0 radical (unpaired) electrons. The molecule has 2 N–H and O–H groups in total. The van der Waals surface area contributed by atoms with E-state index in [1.54, 1.807) is 0 Å². The molecule has 1 aliphatic rings. The van der Waals surface area contributed by atoms with Crippen molar-refractivity contribution in [3.05, 3.63) is 35.4 Å². The SMILES string of the molecule is CCNC(=O)N1CCC(Cc2ccc(C(=O)NC(C)C)cc2)CC1. The van der Waals surface area contributed by atoms with Gasteiger partial charge in [-0.3, -0.25) is 4.79 Å². The zero-order valence-electron chi connectivity index (χ0n) is 15.0. The van der Waals surface area contributed by atoms with Crippen molar-refractivity contribution in [1.29, 1.82) is 0 Å². The smallest absolute Gasteiger partial charge is 0.317 e. The zero-order chi connectivity index (χ0) is 17.5. The van der Waals surface area contributed by atoms with Crippen molar-refractivity contribution in [2.75, 3.05) is 19.6 Å². The van der Waals surface area contributed by atoms with Crippen molar-refractivity contribution in [2.45, 2.75) is 46.1 Å². The number of hydrogen-bond acceptors (Lipinski definition) is 2. The maximum Gasteiger partial charge on any atom is 0.317 e. The lowest BCUT2D eigenvalue weighted by Gasteiger charge is -2.32. The lowest BCUT2D eigenvalue weighted by atomic mass is 9.90. The van der Waals surface area contributed by atoms with Crippen LogP contribution in [0.3, 0.4) is 0 Å². The Labute approximate surface area is 144 Å². The maximum atomic E-state index is 12.0. The maximum absolute atomic E-state index is 12.0. The summed E-state index contributed by atoms with van der Waals surface area (Å²) in [6.07, 6.45) is 3.08. The Hall–Kier alpha value is -2.04. The van der Waals surface area contributed by atoms with Crippen molar-refractivity contribution in [2.24, 2.45) is 5.92 Å². The first-order chi connectivity index (χ1) is 11.5. The van der Waals surface area contributed by atoms with Crippen molar-refractivity contribution in [1.82, 2.24) is 15.5 Å². The van der Waals surface area contributed by atoms with E-state index in [1.807, 2.05) is 49.9 Å². The van der Waals surface area contributed by atoms with E-state index in [0.717, 1.165) is 32.4 Å². The molecule has 0 aromatic heterocycles. The van der Waals surface area contributed by atoms with E-state index in [0.29, 0.717) is 18.0 Å². The minimum Gasteiger partial charge on any atom is -0.350 e. The van der Waals surface area contributed by atoms with Gasteiger partial charge in [-0.2, -0.15) is 0 Å². The summed E-state index contributed by atoms with van der Waals surface area (Å²) in [7, 11) is 0. The zero-order valence-corrected chi connectivity index (χ0v) is 15.0. The largest absolute Gasteiger partial charge is 0.350 e. The molecule has 0 aliphatic carbocycles. The number of rotatable bonds is 5. The van der Waals surface area contributed by atoms with E-state index in [-0.39, 0.29) is 18.0 Å². The van der Waals surface area contributed by atoms with Gasteiger partial charge >= 0.3 is 6.03 Å². The number of carbonyl (C=O) groups excluding carboxylic acids is 2. The Balaban J connectivity index is 1.82. The van der Waals surface area contributed by atoms with Gasteiger partial charge in [-0.1, -0.05) is 12.1 Å². The molecule has 2 rings (SSSR count). The van der Waals surface area contributed by atoms with Gasteiger partial charge in [-0.05, 0) is 63.6 Å². The number of amides is 3. The lowest BCUT2D eigenvalue weighted by molar-refractivity contribution is 0.0943. The van der Waals surface area contributed by atoms with Gasteiger partial charge in [0, 0.05) is 31.2 Å². The van der Waals surface area contributed by atoms with Gasteiger partial charge in [-0.15, -0.1) is 0 Å². The Morgan fingerprint density at radius 3 is 2.33 bits per heavy atom. The molecule has 0 unspecified atom stereocenters. The van der Waals surface area contributed by atoms with Crippen LogP contribution in [-0.2, 0) is 6.42 Å². The van der Waals surface area contributed by atoms with E-state index < -0.39 is 0 Å². The van der Waals surface area contributed by atoms with Gasteiger partial charge < -0.3 is 15.5 Å². The second-order valence-corrected chi connectivity index (χ2v) is 6.80. The Bertz CT molecular complexity index is 546. The fraction of sp³-hybridized carbons (Fsp3) is 0.579. The average Bonchev–Trinajstić information content (AvgIpc) is 2.56.